The highest BCUT2D eigenvalue weighted by atomic mass is 79.9. The molecule has 0 amide bonds. The van der Waals surface area contributed by atoms with E-state index in [4.69, 9.17) is 10.8 Å². The monoisotopic (exact) mass is 244 g/mol. The first-order chi connectivity index (χ1) is 6.26. The molecule has 4 heteroatoms. The highest BCUT2D eigenvalue weighted by Crippen LogP contribution is 2.15. The number of benzene rings is 1. The van der Waals surface area contributed by atoms with Crippen molar-refractivity contribution in [1.82, 2.24) is 0 Å². The minimum absolute atomic E-state index is 0.0447. The Morgan fingerprint density at radius 3 is 2.85 bits per heavy atom. The van der Waals surface area contributed by atoms with E-state index in [0.717, 1.165) is 10.2 Å². The summed E-state index contributed by atoms with van der Waals surface area (Å²) in [5.41, 5.74) is 6.39. The van der Waals surface area contributed by atoms with Gasteiger partial charge in [-0.3, -0.25) is 0 Å². The lowest BCUT2D eigenvalue weighted by molar-refractivity contribution is 0.276. The minimum Gasteiger partial charge on any atom is -0.394 e. The Morgan fingerprint density at radius 2 is 2.31 bits per heavy atom. The Kier molecular flexibility index (Phi) is 4.21. The fourth-order valence-electron chi connectivity index (χ4n) is 0.993. The molecule has 0 radical (unpaired) electrons. The summed E-state index contributed by atoms with van der Waals surface area (Å²) in [6, 6.07) is 7.68. The summed E-state index contributed by atoms with van der Waals surface area (Å²) in [5.74, 6) is 0. The number of aliphatic hydroxyl groups excluding tert-OH is 1. The molecule has 3 nitrogen and oxygen atoms in total. The molecule has 72 valence electrons. The van der Waals surface area contributed by atoms with E-state index in [9.17, 15) is 0 Å². The predicted octanol–water partition coefficient (Wildman–Crippen LogP) is 1.18. The van der Waals surface area contributed by atoms with Crippen LogP contribution in [0.15, 0.2) is 28.7 Å². The zero-order valence-electron chi connectivity index (χ0n) is 7.20. The molecule has 13 heavy (non-hydrogen) atoms. The number of hydrogen-bond donors (Lipinski definition) is 3. The third-order valence-electron chi connectivity index (χ3n) is 1.70. The van der Waals surface area contributed by atoms with E-state index in [0.29, 0.717) is 6.54 Å². The first-order valence-corrected chi connectivity index (χ1v) is 4.88. The Bertz CT molecular complexity index is 264. The molecule has 4 N–H and O–H groups in total. The largest absolute Gasteiger partial charge is 0.394 e. The lowest BCUT2D eigenvalue weighted by Gasteiger charge is -2.15. The number of aliphatic hydroxyl groups is 1. The van der Waals surface area contributed by atoms with Gasteiger partial charge >= 0.3 is 0 Å². The standard InChI is InChI=1S/C9H13BrN2O/c10-7-2-1-3-8(4-7)12-9(5-11)6-13/h1-4,9,12-13H,5-6,11H2. The summed E-state index contributed by atoms with van der Waals surface area (Å²) in [7, 11) is 0. The van der Waals surface area contributed by atoms with Crippen molar-refractivity contribution < 1.29 is 5.11 Å². The maximum Gasteiger partial charge on any atom is 0.0645 e. The molecule has 1 aromatic rings. The molecule has 1 unspecified atom stereocenters. The number of rotatable bonds is 4. The van der Waals surface area contributed by atoms with E-state index in [1.165, 1.54) is 0 Å². The van der Waals surface area contributed by atoms with Gasteiger partial charge in [0.1, 0.15) is 0 Å². The number of nitrogens with one attached hydrogen (secondary N) is 1. The number of nitrogens with two attached hydrogens (primary N) is 1. The third-order valence-corrected chi connectivity index (χ3v) is 2.19. The van der Waals surface area contributed by atoms with E-state index in [1.807, 2.05) is 24.3 Å². The van der Waals surface area contributed by atoms with Crippen molar-refractivity contribution in [2.24, 2.45) is 5.73 Å². The quantitative estimate of drug-likeness (QED) is 0.746. The maximum absolute atomic E-state index is 8.90. The molecule has 0 spiro atoms. The molecule has 0 bridgehead atoms. The van der Waals surface area contributed by atoms with Crippen LogP contribution in [0.2, 0.25) is 0 Å². The first kappa shape index (κ1) is 10.5. The van der Waals surface area contributed by atoms with Crippen LogP contribution >= 0.6 is 15.9 Å². The van der Waals surface area contributed by atoms with Crippen molar-refractivity contribution in [2.45, 2.75) is 6.04 Å². The summed E-state index contributed by atoms with van der Waals surface area (Å²) in [6.45, 7) is 0.464. The molecule has 1 aromatic carbocycles. The summed E-state index contributed by atoms with van der Waals surface area (Å²) in [4.78, 5) is 0. The van der Waals surface area contributed by atoms with Gasteiger partial charge in [0.05, 0.1) is 12.6 Å². The molecule has 0 aromatic heterocycles. The van der Waals surface area contributed by atoms with Crippen LogP contribution < -0.4 is 11.1 Å². The second-order valence-corrected chi connectivity index (χ2v) is 3.69. The van der Waals surface area contributed by atoms with Crippen LogP contribution in [0.25, 0.3) is 0 Å². The molecular weight excluding hydrogens is 232 g/mol. The fourth-order valence-corrected chi connectivity index (χ4v) is 1.39. The lowest BCUT2D eigenvalue weighted by atomic mass is 10.2. The molecule has 0 fully saturated rings. The zero-order valence-corrected chi connectivity index (χ0v) is 8.79. The zero-order chi connectivity index (χ0) is 9.68. The fraction of sp³-hybridized carbons (Fsp3) is 0.333. The minimum atomic E-state index is -0.0747. The molecule has 0 saturated carbocycles. The number of halogens is 1. The average molecular weight is 245 g/mol. The highest BCUT2D eigenvalue weighted by Gasteiger charge is 2.03. The normalized spacial score (nSPS) is 12.5. The van der Waals surface area contributed by atoms with Crippen molar-refractivity contribution >= 4 is 21.6 Å². The third kappa shape index (κ3) is 3.34. The van der Waals surface area contributed by atoms with Gasteiger partial charge in [-0.05, 0) is 18.2 Å². The number of anilines is 1. The van der Waals surface area contributed by atoms with Crippen molar-refractivity contribution in [3.8, 4) is 0 Å². The van der Waals surface area contributed by atoms with Crippen LogP contribution in [0.3, 0.4) is 0 Å². The predicted molar refractivity (Wildman–Crippen MR) is 57.7 cm³/mol. The van der Waals surface area contributed by atoms with Crippen molar-refractivity contribution in [3.63, 3.8) is 0 Å². The van der Waals surface area contributed by atoms with Gasteiger partial charge in [-0.15, -0.1) is 0 Å². The van der Waals surface area contributed by atoms with E-state index < -0.39 is 0 Å². The molecule has 0 aliphatic carbocycles. The van der Waals surface area contributed by atoms with Gasteiger partial charge in [0.2, 0.25) is 0 Å². The van der Waals surface area contributed by atoms with E-state index in [2.05, 4.69) is 21.2 Å². The van der Waals surface area contributed by atoms with Crippen LogP contribution in [0, 0.1) is 0 Å². The van der Waals surface area contributed by atoms with Crippen LogP contribution in [0.5, 0.6) is 0 Å². The SMILES string of the molecule is NCC(CO)Nc1cccc(Br)c1. The van der Waals surface area contributed by atoms with Gasteiger partial charge < -0.3 is 16.2 Å². The topological polar surface area (TPSA) is 58.3 Å². The summed E-state index contributed by atoms with van der Waals surface area (Å²) < 4.78 is 1.01. The Balaban J connectivity index is 2.62. The van der Waals surface area contributed by atoms with Gasteiger partial charge in [-0.1, -0.05) is 22.0 Å². The van der Waals surface area contributed by atoms with Gasteiger partial charge in [0.15, 0.2) is 0 Å². The second kappa shape index (κ2) is 5.21. The molecule has 1 rings (SSSR count). The first-order valence-electron chi connectivity index (χ1n) is 4.09. The van der Waals surface area contributed by atoms with Gasteiger partial charge in [-0.2, -0.15) is 0 Å². The van der Waals surface area contributed by atoms with Crippen LogP contribution in [0.4, 0.5) is 5.69 Å². The summed E-state index contributed by atoms with van der Waals surface area (Å²) in [6.07, 6.45) is 0. The van der Waals surface area contributed by atoms with Crippen molar-refractivity contribution in [1.29, 1.82) is 0 Å². The molecular formula is C9H13BrN2O. The van der Waals surface area contributed by atoms with E-state index in [1.54, 1.807) is 0 Å². The smallest absolute Gasteiger partial charge is 0.0645 e. The van der Waals surface area contributed by atoms with Gasteiger partial charge in [0.25, 0.3) is 0 Å². The van der Waals surface area contributed by atoms with Crippen LogP contribution in [-0.2, 0) is 0 Å². The second-order valence-electron chi connectivity index (χ2n) is 2.77. The lowest BCUT2D eigenvalue weighted by Crippen LogP contribution is -2.32. The summed E-state index contributed by atoms with van der Waals surface area (Å²) in [5, 5.41) is 12.0. The van der Waals surface area contributed by atoms with Gasteiger partial charge in [-0.25, -0.2) is 0 Å². The van der Waals surface area contributed by atoms with Crippen molar-refractivity contribution in [2.75, 3.05) is 18.5 Å². The van der Waals surface area contributed by atoms with E-state index >= 15 is 0 Å². The Morgan fingerprint density at radius 1 is 1.54 bits per heavy atom. The maximum atomic E-state index is 8.90. The molecule has 0 heterocycles. The molecule has 1 atom stereocenters. The van der Waals surface area contributed by atoms with E-state index in [-0.39, 0.29) is 12.6 Å². The Labute approximate surface area is 86.1 Å². The highest BCUT2D eigenvalue weighted by molar-refractivity contribution is 9.10. The summed E-state index contributed by atoms with van der Waals surface area (Å²) >= 11 is 3.36. The number of hydrogen-bond acceptors (Lipinski definition) is 3. The van der Waals surface area contributed by atoms with Crippen LogP contribution in [0.1, 0.15) is 0 Å². The molecule has 0 aliphatic heterocycles. The Hall–Kier alpha value is -0.580. The average Bonchev–Trinajstić information content (AvgIpc) is 2.14. The molecule has 0 aliphatic rings. The van der Waals surface area contributed by atoms with Gasteiger partial charge in [0, 0.05) is 16.7 Å². The van der Waals surface area contributed by atoms with Crippen molar-refractivity contribution in [3.05, 3.63) is 28.7 Å². The molecule has 0 saturated heterocycles. The van der Waals surface area contributed by atoms with Crippen LogP contribution in [-0.4, -0.2) is 24.3 Å².